The van der Waals surface area contributed by atoms with Crippen LogP contribution in [0, 0.1) is 34.5 Å². The number of allylic oxidation sites excluding steroid dienone is 3. The molecule has 174 valence electrons. The van der Waals surface area contributed by atoms with E-state index < -0.39 is 11.5 Å². The third kappa shape index (κ3) is 4.48. The van der Waals surface area contributed by atoms with E-state index in [1.807, 2.05) is 6.92 Å². The van der Waals surface area contributed by atoms with Gasteiger partial charge in [0.25, 0.3) is 0 Å². The quantitative estimate of drug-likeness (QED) is 0.566. The van der Waals surface area contributed by atoms with Crippen molar-refractivity contribution in [1.82, 2.24) is 0 Å². The predicted octanol–water partition coefficient (Wildman–Crippen LogP) is 5.03. The van der Waals surface area contributed by atoms with Gasteiger partial charge in [-0.05, 0) is 80.3 Å². The van der Waals surface area contributed by atoms with Crippen LogP contribution in [-0.2, 0) is 9.59 Å². The van der Waals surface area contributed by atoms with Crippen LogP contribution in [0.3, 0.4) is 0 Å². The first kappa shape index (κ1) is 24.4. The Morgan fingerprint density at radius 2 is 1.81 bits per heavy atom. The lowest BCUT2D eigenvalue weighted by molar-refractivity contribution is -0.128. The monoisotopic (exact) mass is 430 g/mol. The van der Waals surface area contributed by atoms with Crippen molar-refractivity contribution in [3.8, 4) is 0 Å². The Labute approximate surface area is 188 Å². The second-order valence-electron chi connectivity index (χ2n) is 11.3. The molecule has 4 heteroatoms. The summed E-state index contributed by atoms with van der Waals surface area (Å²) in [5.41, 5.74) is 0.149. The van der Waals surface area contributed by atoms with Crippen molar-refractivity contribution in [2.45, 2.75) is 92.1 Å². The number of aliphatic hydroxyl groups excluding tert-OH is 2. The highest BCUT2D eigenvalue weighted by Crippen LogP contribution is 2.58. The molecular formula is C27H42O4. The summed E-state index contributed by atoms with van der Waals surface area (Å²) in [6, 6.07) is 0. The highest BCUT2D eigenvalue weighted by Gasteiger charge is 2.54. The van der Waals surface area contributed by atoms with E-state index in [0.717, 1.165) is 12.8 Å². The summed E-state index contributed by atoms with van der Waals surface area (Å²) in [4.78, 5) is 26.8. The van der Waals surface area contributed by atoms with Gasteiger partial charge < -0.3 is 10.2 Å². The van der Waals surface area contributed by atoms with Crippen molar-refractivity contribution >= 4 is 11.6 Å². The molecule has 0 amide bonds. The lowest BCUT2D eigenvalue weighted by atomic mass is 9.58. The normalized spacial score (nSPS) is 37.0. The van der Waals surface area contributed by atoms with Gasteiger partial charge in [-0.15, -0.1) is 0 Å². The number of ketones is 2. The number of hydrogen-bond acceptors (Lipinski definition) is 4. The minimum Gasteiger partial charge on any atom is -0.396 e. The van der Waals surface area contributed by atoms with Gasteiger partial charge in [0.05, 0.1) is 11.5 Å². The molecule has 3 aliphatic carbocycles. The van der Waals surface area contributed by atoms with Crippen molar-refractivity contribution in [1.29, 1.82) is 0 Å². The number of carbonyl (C=O) groups excluding carboxylic acids is 2. The standard InChI is InChI=1S/C27H42O4/c1-17(2)7-6-8-18(3)21-9-10-22(26(21,4)13-14-28)20-16-24(30)23-15-19(29)11-12-27(23,5)25(20)31/h15-19,21-22,28-29H,6-14H2,1-5H3. The first-order valence-electron chi connectivity index (χ1n) is 12.4. The number of carbonyl (C=O) groups is 2. The minimum absolute atomic E-state index is 0.0128. The van der Waals surface area contributed by atoms with Crippen LogP contribution in [0.15, 0.2) is 23.3 Å². The molecule has 3 aliphatic rings. The Bertz CT molecular complexity index is 763. The van der Waals surface area contributed by atoms with Gasteiger partial charge in [0.15, 0.2) is 11.6 Å². The molecule has 1 fully saturated rings. The van der Waals surface area contributed by atoms with Gasteiger partial charge in [0, 0.05) is 17.8 Å². The molecule has 31 heavy (non-hydrogen) atoms. The fraction of sp³-hybridized carbons (Fsp3) is 0.778. The van der Waals surface area contributed by atoms with E-state index in [9.17, 15) is 19.8 Å². The summed E-state index contributed by atoms with van der Waals surface area (Å²) < 4.78 is 0. The molecular weight excluding hydrogens is 388 g/mol. The smallest absolute Gasteiger partial charge is 0.183 e. The Morgan fingerprint density at radius 3 is 2.45 bits per heavy atom. The Kier molecular flexibility index (Phi) is 7.32. The zero-order chi connectivity index (χ0) is 23.0. The summed E-state index contributed by atoms with van der Waals surface area (Å²) in [5, 5.41) is 19.9. The van der Waals surface area contributed by atoms with E-state index in [-0.39, 0.29) is 29.5 Å². The fourth-order valence-corrected chi connectivity index (χ4v) is 6.84. The third-order valence-electron chi connectivity index (χ3n) is 8.77. The summed E-state index contributed by atoms with van der Waals surface area (Å²) in [6.07, 6.45) is 9.77. The van der Waals surface area contributed by atoms with E-state index in [1.54, 1.807) is 12.2 Å². The average Bonchev–Trinajstić information content (AvgIpc) is 3.03. The molecule has 0 spiro atoms. The van der Waals surface area contributed by atoms with Crippen LogP contribution in [0.2, 0.25) is 0 Å². The summed E-state index contributed by atoms with van der Waals surface area (Å²) >= 11 is 0. The average molecular weight is 431 g/mol. The first-order valence-corrected chi connectivity index (χ1v) is 12.4. The maximum absolute atomic E-state index is 13.7. The van der Waals surface area contributed by atoms with Crippen molar-refractivity contribution < 1.29 is 19.8 Å². The van der Waals surface area contributed by atoms with Crippen molar-refractivity contribution in [2.75, 3.05) is 6.61 Å². The SMILES string of the molecule is CC(C)CCCC(C)C1CCC(C2=CC(=O)C3=CC(O)CCC3(C)C2=O)C1(C)CCO. The van der Waals surface area contributed by atoms with Gasteiger partial charge in [0.2, 0.25) is 0 Å². The summed E-state index contributed by atoms with van der Waals surface area (Å²) in [5.74, 6) is 1.65. The molecule has 4 nitrogen and oxygen atoms in total. The molecule has 1 saturated carbocycles. The Balaban J connectivity index is 1.89. The minimum atomic E-state index is -0.818. The van der Waals surface area contributed by atoms with Crippen molar-refractivity contribution in [2.24, 2.45) is 34.5 Å². The predicted molar refractivity (Wildman–Crippen MR) is 123 cm³/mol. The Morgan fingerprint density at radius 1 is 1.10 bits per heavy atom. The molecule has 0 aliphatic heterocycles. The maximum Gasteiger partial charge on any atom is 0.183 e. The van der Waals surface area contributed by atoms with Gasteiger partial charge in [0.1, 0.15) is 0 Å². The van der Waals surface area contributed by atoms with Crippen LogP contribution >= 0.6 is 0 Å². The molecule has 0 aromatic heterocycles. The molecule has 6 unspecified atom stereocenters. The second kappa shape index (κ2) is 9.31. The van der Waals surface area contributed by atoms with Crippen LogP contribution in [0.5, 0.6) is 0 Å². The Hall–Kier alpha value is -1.26. The molecule has 3 rings (SSSR count). The molecule has 2 N–H and O–H groups in total. The molecule has 0 aromatic rings. The molecule has 0 heterocycles. The van der Waals surface area contributed by atoms with Gasteiger partial charge in [-0.2, -0.15) is 0 Å². The number of hydrogen-bond donors (Lipinski definition) is 2. The molecule has 0 bridgehead atoms. The maximum atomic E-state index is 13.7. The first-order chi connectivity index (χ1) is 14.5. The van der Waals surface area contributed by atoms with Gasteiger partial charge in [-0.25, -0.2) is 0 Å². The topological polar surface area (TPSA) is 74.6 Å². The van der Waals surface area contributed by atoms with Crippen LogP contribution in [-0.4, -0.2) is 34.5 Å². The molecule has 6 atom stereocenters. The molecule has 0 radical (unpaired) electrons. The third-order valence-corrected chi connectivity index (χ3v) is 8.77. The highest BCUT2D eigenvalue weighted by molar-refractivity contribution is 6.20. The van der Waals surface area contributed by atoms with E-state index >= 15 is 0 Å². The van der Waals surface area contributed by atoms with Gasteiger partial charge in [-0.3, -0.25) is 9.59 Å². The van der Waals surface area contributed by atoms with E-state index in [1.165, 1.54) is 19.3 Å². The number of fused-ring (bicyclic) bond motifs is 1. The largest absolute Gasteiger partial charge is 0.396 e. The van der Waals surface area contributed by atoms with E-state index in [2.05, 4.69) is 27.7 Å². The second-order valence-corrected chi connectivity index (χ2v) is 11.3. The zero-order valence-corrected chi connectivity index (χ0v) is 20.1. The van der Waals surface area contributed by atoms with Crippen LogP contribution in [0.25, 0.3) is 0 Å². The summed E-state index contributed by atoms with van der Waals surface area (Å²) in [6.45, 7) is 11.1. The number of Topliss-reactive ketones (excluding diaryl/α,β-unsaturated/α-hetero) is 1. The van der Waals surface area contributed by atoms with Crippen LogP contribution in [0.4, 0.5) is 0 Å². The lowest BCUT2D eigenvalue weighted by Crippen LogP contribution is -2.45. The van der Waals surface area contributed by atoms with Gasteiger partial charge >= 0.3 is 0 Å². The molecule has 0 saturated heterocycles. The van der Waals surface area contributed by atoms with Crippen LogP contribution in [0.1, 0.15) is 86.0 Å². The van der Waals surface area contributed by atoms with Crippen LogP contribution < -0.4 is 0 Å². The van der Waals surface area contributed by atoms with E-state index in [0.29, 0.717) is 48.2 Å². The number of rotatable bonds is 8. The zero-order valence-electron chi connectivity index (χ0n) is 20.1. The molecule has 0 aromatic carbocycles. The van der Waals surface area contributed by atoms with E-state index in [4.69, 9.17) is 0 Å². The van der Waals surface area contributed by atoms with Crippen molar-refractivity contribution in [3.05, 3.63) is 23.3 Å². The van der Waals surface area contributed by atoms with Gasteiger partial charge in [-0.1, -0.05) is 47.0 Å². The summed E-state index contributed by atoms with van der Waals surface area (Å²) in [7, 11) is 0. The fourth-order valence-electron chi connectivity index (χ4n) is 6.84. The highest BCUT2D eigenvalue weighted by atomic mass is 16.3. The number of aliphatic hydroxyl groups is 2. The lowest BCUT2D eigenvalue weighted by Gasteiger charge is -2.44. The van der Waals surface area contributed by atoms with Crippen molar-refractivity contribution in [3.63, 3.8) is 0 Å².